The van der Waals surface area contributed by atoms with Crippen LogP contribution < -0.4 is 0 Å². The van der Waals surface area contributed by atoms with Gasteiger partial charge in [0.15, 0.2) is 5.69 Å². The van der Waals surface area contributed by atoms with Crippen molar-refractivity contribution in [2.24, 2.45) is 5.41 Å². The van der Waals surface area contributed by atoms with Crippen LogP contribution in [-0.4, -0.2) is 27.0 Å². The number of aryl methyl sites for hydroxylation is 1. The van der Waals surface area contributed by atoms with E-state index in [1.807, 2.05) is 0 Å². The maximum Gasteiger partial charge on any atom is 0.456 e. The number of carbonyl (C=O) groups is 1. The summed E-state index contributed by atoms with van der Waals surface area (Å²) in [6, 6.07) is 0. The zero-order valence-corrected chi connectivity index (χ0v) is 10.6. The van der Waals surface area contributed by atoms with Crippen LogP contribution in [0.15, 0.2) is 6.20 Å². The predicted octanol–water partition coefficient (Wildman–Crippen LogP) is 2.85. The van der Waals surface area contributed by atoms with E-state index in [-0.39, 0.29) is 5.41 Å². The molecule has 0 aromatic carbocycles. The number of nitrogens with zero attached hydrogens (tertiary/aromatic N) is 3. The van der Waals surface area contributed by atoms with Gasteiger partial charge in [0.25, 0.3) is 5.78 Å². The number of ketones is 1. The van der Waals surface area contributed by atoms with Gasteiger partial charge in [-0.3, -0.25) is 9.48 Å². The number of carbonyl (C=O) groups excluding carboxylic acids is 1. The lowest BCUT2D eigenvalue weighted by Crippen LogP contribution is -2.23. The first-order chi connectivity index (χ1) is 8.09. The van der Waals surface area contributed by atoms with Crippen LogP contribution in [0, 0.1) is 5.41 Å². The molecule has 0 fully saturated rings. The minimum atomic E-state index is -4.90. The Morgan fingerprint density at radius 3 is 2.44 bits per heavy atom. The van der Waals surface area contributed by atoms with E-state index < -0.39 is 17.7 Å². The highest BCUT2D eigenvalue weighted by atomic mass is 19.4. The molecule has 0 N–H and O–H groups in total. The van der Waals surface area contributed by atoms with Gasteiger partial charge in [-0.1, -0.05) is 26.0 Å². The van der Waals surface area contributed by atoms with Gasteiger partial charge in [0.05, 0.1) is 6.20 Å². The first-order valence-electron chi connectivity index (χ1n) is 5.61. The van der Waals surface area contributed by atoms with Crippen LogP contribution in [0.5, 0.6) is 0 Å². The van der Waals surface area contributed by atoms with E-state index in [9.17, 15) is 18.0 Å². The molecule has 1 rings (SSSR count). The van der Waals surface area contributed by atoms with Crippen LogP contribution in [0.4, 0.5) is 13.2 Å². The molecule has 0 aliphatic rings. The average Bonchev–Trinajstić information content (AvgIpc) is 2.61. The maximum absolute atomic E-state index is 12.1. The number of halogens is 3. The molecule has 7 heteroatoms. The highest BCUT2D eigenvalue weighted by Gasteiger charge is 2.41. The third-order valence-electron chi connectivity index (χ3n) is 2.34. The van der Waals surface area contributed by atoms with Gasteiger partial charge < -0.3 is 0 Å². The van der Waals surface area contributed by atoms with Gasteiger partial charge in [0.1, 0.15) is 0 Å². The SMILES string of the molecule is CC(C)(C)CCCn1cc(C(=O)C(F)(F)F)nn1. The van der Waals surface area contributed by atoms with Crippen LogP contribution in [-0.2, 0) is 6.54 Å². The molecule has 0 aliphatic heterocycles. The summed E-state index contributed by atoms with van der Waals surface area (Å²) in [4.78, 5) is 10.9. The average molecular weight is 263 g/mol. The maximum atomic E-state index is 12.1. The Morgan fingerprint density at radius 1 is 1.33 bits per heavy atom. The summed E-state index contributed by atoms with van der Waals surface area (Å²) in [7, 11) is 0. The second-order valence-electron chi connectivity index (χ2n) is 5.36. The fraction of sp³-hybridized carbons (Fsp3) is 0.727. The molecule has 0 saturated carbocycles. The normalized spacial score (nSPS) is 12.8. The topological polar surface area (TPSA) is 47.8 Å². The summed E-state index contributed by atoms with van der Waals surface area (Å²) in [5.74, 6) is -1.95. The van der Waals surface area contributed by atoms with Gasteiger partial charge in [-0.25, -0.2) is 0 Å². The van der Waals surface area contributed by atoms with Crippen molar-refractivity contribution in [3.8, 4) is 0 Å². The molecule has 4 nitrogen and oxygen atoms in total. The molecule has 1 aromatic rings. The minimum absolute atomic E-state index is 0.158. The van der Waals surface area contributed by atoms with Crippen molar-refractivity contribution in [2.75, 3.05) is 0 Å². The molecule has 0 bridgehead atoms. The number of rotatable bonds is 4. The number of alkyl halides is 3. The quantitative estimate of drug-likeness (QED) is 0.785. The van der Waals surface area contributed by atoms with E-state index >= 15 is 0 Å². The van der Waals surface area contributed by atoms with Gasteiger partial charge in [-0.05, 0) is 18.3 Å². The zero-order valence-electron chi connectivity index (χ0n) is 10.6. The lowest BCUT2D eigenvalue weighted by atomic mass is 9.91. The molecule has 102 valence electrons. The van der Waals surface area contributed by atoms with Gasteiger partial charge in [0, 0.05) is 6.54 Å². The standard InChI is InChI=1S/C11H16F3N3O/c1-10(2,3)5-4-6-17-7-8(15-16-17)9(18)11(12,13)14/h7H,4-6H2,1-3H3. The zero-order chi connectivity index (χ0) is 14.0. The third kappa shape index (κ3) is 4.46. The first-order valence-corrected chi connectivity index (χ1v) is 5.61. The molecule has 0 unspecified atom stereocenters. The van der Waals surface area contributed by atoms with Crippen LogP contribution >= 0.6 is 0 Å². The molecule has 0 saturated heterocycles. The fourth-order valence-corrected chi connectivity index (χ4v) is 1.43. The summed E-state index contributed by atoms with van der Waals surface area (Å²) in [6.45, 7) is 6.68. The summed E-state index contributed by atoms with van der Waals surface area (Å²) in [5.41, 5.74) is -0.496. The van der Waals surface area contributed by atoms with Crippen molar-refractivity contribution in [3.63, 3.8) is 0 Å². The van der Waals surface area contributed by atoms with Gasteiger partial charge in [0.2, 0.25) is 0 Å². The molecule has 0 radical (unpaired) electrons. The summed E-state index contributed by atoms with van der Waals surface area (Å²) < 4.78 is 37.6. The van der Waals surface area contributed by atoms with Crippen molar-refractivity contribution in [3.05, 3.63) is 11.9 Å². The second kappa shape index (κ2) is 5.07. The Labute approximate surface area is 103 Å². The van der Waals surface area contributed by atoms with Crippen molar-refractivity contribution >= 4 is 5.78 Å². The molecule has 0 atom stereocenters. The molecule has 18 heavy (non-hydrogen) atoms. The minimum Gasteiger partial charge on any atom is -0.282 e. The highest BCUT2D eigenvalue weighted by Crippen LogP contribution is 2.22. The molecule has 1 heterocycles. The smallest absolute Gasteiger partial charge is 0.282 e. The summed E-state index contributed by atoms with van der Waals surface area (Å²) in [6.07, 6.45) is -2.17. The number of Topliss-reactive ketones (excluding diaryl/α,β-unsaturated/α-hetero) is 1. The fourth-order valence-electron chi connectivity index (χ4n) is 1.43. The van der Waals surface area contributed by atoms with Crippen LogP contribution in [0.1, 0.15) is 44.1 Å². The lowest BCUT2D eigenvalue weighted by molar-refractivity contribution is -0.0888. The number of aromatic nitrogens is 3. The Hall–Kier alpha value is -1.40. The van der Waals surface area contributed by atoms with E-state index in [0.717, 1.165) is 19.0 Å². The number of hydrogen-bond acceptors (Lipinski definition) is 3. The molecular weight excluding hydrogens is 247 g/mol. The van der Waals surface area contributed by atoms with E-state index in [4.69, 9.17) is 0 Å². The van der Waals surface area contributed by atoms with Crippen LogP contribution in [0.2, 0.25) is 0 Å². The highest BCUT2D eigenvalue weighted by molar-refractivity contribution is 5.98. The van der Waals surface area contributed by atoms with E-state index in [1.165, 1.54) is 4.68 Å². The largest absolute Gasteiger partial charge is 0.456 e. The molecule has 0 spiro atoms. The Kier molecular flexibility index (Phi) is 4.13. The lowest BCUT2D eigenvalue weighted by Gasteiger charge is -2.17. The van der Waals surface area contributed by atoms with Crippen LogP contribution in [0.25, 0.3) is 0 Å². The molecule has 1 aromatic heterocycles. The van der Waals surface area contributed by atoms with Crippen molar-refractivity contribution in [1.82, 2.24) is 15.0 Å². The van der Waals surface area contributed by atoms with Gasteiger partial charge >= 0.3 is 6.18 Å². The Balaban J connectivity index is 2.57. The first kappa shape index (κ1) is 14.7. The van der Waals surface area contributed by atoms with Crippen molar-refractivity contribution < 1.29 is 18.0 Å². The van der Waals surface area contributed by atoms with Gasteiger partial charge in [-0.15, -0.1) is 5.10 Å². The third-order valence-corrected chi connectivity index (χ3v) is 2.34. The predicted molar refractivity (Wildman–Crippen MR) is 59.1 cm³/mol. The molecular formula is C11H16F3N3O. The monoisotopic (exact) mass is 263 g/mol. The van der Waals surface area contributed by atoms with Crippen molar-refractivity contribution in [2.45, 2.75) is 46.3 Å². The van der Waals surface area contributed by atoms with E-state index in [2.05, 4.69) is 31.1 Å². The van der Waals surface area contributed by atoms with E-state index in [0.29, 0.717) is 6.54 Å². The summed E-state index contributed by atoms with van der Waals surface area (Å²) in [5, 5.41) is 6.76. The Bertz CT molecular complexity index is 418. The second-order valence-corrected chi connectivity index (χ2v) is 5.36. The van der Waals surface area contributed by atoms with Crippen LogP contribution in [0.3, 0.4) is 0 Å². The number of hydrogen-bond donors (Lipinski definition) is 0. The Morgan fingerprint density at radius 2 is 1.94 bits per heavy atom. The summed E-state index contributed by atoms with van der Waals surface area (Å²) >= 11 is 0. The molecule has 0 aliphatic carbocycles. The van der Waals surface area contributed by atoms with E-state index in [1.54, 1.807) is 0 Å². The molecule has 0 amide bonds. The van der Waals surface area contributed by atoms with Gasteiger partial charge in [-0.2, -0.15) is 13.2 Å². The van der Waals surface area contributed by atoms with Crippen molar-refractivity contribution in [1.29, 1.82) is 0 Å².